The SMILES string of the molecule is C=C(N)S.CC. The predicted octanol–water partition coefficient (Wildman–Crippen LogP) is 1.37. The summed E-state index contributed by atoms with van der Waals surface area (Å²) in [5.74, 6) is 0. The Balaban J connectivity index is 0. The van der Waals surface area contributed by atoms with E-state index in [0.717, 1.165) is 0 Å². The lowest BCUT2D eigenvalue weighted by Gasteiger charge is -1.68. The first kappa shape index (κ1) is 9.31. The summed E-state index contributed by atoms with van der Waals surface area (Å²) in [5, 5.41) is 0.361. The maximum atomic E-state index is 4.78. The van der Waals surface area contributed by atoms with Crippen molar-refractivity contribution in [2.45, 2.75) is 13.8 Å². The molecular weight excluding hydrogens is 94.1 g/mol. The van der Waals surface area contributed by atoms with Crippen molar-refractivity contribution in [3.05, 3.63) is 11.6 Å². The van der Waals surface area contributed by atoms with Crippen molar-refractivity contribution in [3.8, 4) is 0 Å². The average molecular weight is 105 g/mol. The first-order chi connectivity index (χ1) is 2.73. The van der Waals surface area contributed by atoms with Gasteiger partial charge < -0.3 is 5.73 Å². The van der Waals surface area contributed by atoms with Gasteiger partial charge in [-0.1, -0.05) is 20.4 Å². The van der Waals surface area contributed by atoms with Crippen molar-refractivity contribution < 1.29 is 0 Å². The number of nitrogens with two attached hydrogens (primary N) is 1. The first-order valence-corrected chi connectivity index (χ1v) is 2.31. The van der Waals surface area contributed by atoms with Gasteiger partial charge in [0.2, 0.25) is 0 Å². The molecule has 6 heavy (non-hydrogen) atoms. The van der Waals surface area contributed by atoms with Gasteiger partial charge in [-0.2, -0.15) is 0 Å². The molecule has 0 atom stereocenters. The van der Waals surface area contributed by atoms with E-state index in [1.54, 1.807) is 0 Å². The molecule has 2 N–H and O–H groups in total. The minimum Gasteiger partial charge on any atom is -0.394 e. The molecule has 1 nitrogen and oxygen atoms in total. The molecule has 0 saturated heterocycles. The molecule has 2 heteroatoms. The molecule has 0 fully saturated rings. The van der Waals surface area contributed by atoms with Crippen molar-refractivity contribution in [2.75, 3.05) is 0 Å². The van der Waals surface area contributed by atoms with Crippen LogP contribution in [-0.2, 0) is 0 Å². The lowest BCUT2D eigenvalue weighted by atomic mass is 11.0. The van der Waals surface area contributed by atoms with Crippen molar-refractivity contribution in [1.29, 1.82) is 0 Å². The third-order valence-corrected chi connectivity index (χ3v) is 0. The zero-order valence-electron chi connectivity index (χ0n) is 4.23. The number of hydrogen-bond donors (Lipinski definition) is 2. The number of hydrogen-bond acceptors (Lipinski definition) is 2. The molecule has 0 aromatic rings. The molecule has 0 aliphatic carbocycles. The maximum Gasteiger partial charge on any atom is 0.0550 e. The van der Waals surface area contributed by atoms with E-state index >= 15 is 0 Å². The molecule has 0 aliphatic rings. The molecule has 0 radical (unpaired) electrons. The molecule has 38 valence electrons. The van der Waals surface area contributed by atoms with Gasteiger partial charge in [0.15, 0.2) is 0 Å². The van der Waals surface area contributed by atoms with Gasteiger partial charge >= 0.3 is 0 Å². The molecule has 0 aliphatic heterocycles. The topological polar surface area (TPSA) is 26.0 Å². The molecule has 0 aromatic heterocycles. The van der Waals surface area contributed by atoms with Gasteiger partial charge in [0.05, 0.1) is 5.03 Å². The largest absolute Gasteiger partial charge is 0.394 e. The normalized spacial score (nSPS) is 5.17. The van der Waals surface area contributed by atoms with Gasteiger partial charge in [0.25, 0.3) is 0 Å². The standard InChI is InChI=1S/C2H5NS.C2H6/c1-2(3)4;1-2/h4H,1,3H2;1-2H3. The molecule has 0 spiro atoms. The zero-order chi connectivity index (χ0) is 5.58. The van der Waals surface area contributed by atoms with Crippen LogP contribution in [0.3, 0.4) is 0 Å². The monoisotopic (exact) mass is 105 g/mol. The van der Waals surface area contributed by atoms with Crippen LogP contribution in [0.4, 0.5) is 0 Å². The summed E-state index contributed by atoms with van der Waals surface area (Å²) in [7, 11) is 0. The summed E-state index contributed by atoms with van der Waals surface area (Å²) in [4.78, 5) is 0. The smallest absolute Gasteiger partial charge is 0.0550 e. The summed E-state index contributed by atoms with van der Waals surface area (Å²) in [6, 6.07) is 0. The minimum absolute atomic E-state index is 0.361. The summed E-state index contributed by atoms with van der Waals surface area (Å²) in [6.07, 6.45) is 0. The van der Waals surface area contributed by atoms with Crippen molar-refractivity contribution in [3.63, 3.8) is 0 Å². The van der Waals surface area contributed by atoms with Crippen LogP contribution >= 0.6 is 12.6 Å². The second-order valence-corrected chi connectivity index (χ2v) is 1.07. The van der Waals surface area contributed by atoms with E-state index < -0.39 is 0 Å². The fraction of sp³-hybridized carbons (Fsp3) is 0.500. The molecule has 0 unspecified atom stereocenters. The molecule has 0 bridgehead atoms. The molecule has 0 aromatic carbocycles. The van der Waals surface area contributed by atoms with Crippen LogP contribution in [0, 0.1) is 0 Å². The van der Waals surface area contributed by atoms with Gasteiger partial charge in [0.1, 0.15) is 0 Å². The van der Waals surface area contributed by atoms with E-state index in [1.165, 1.54) is 0 Å². The van der Waals surface area contributed by atoms with Gasteiger partial charge in [-0.05, 0) is 0 Å². The Morgan fingerprint density at radius 3 is 1.67 bits per heavy atom. The Bertz CT molecular complexity index is 30.5. The second-order valence-electron chi connectivity index (χ2n) is 0.491. The van der Waals surface area contributed by atoms with Crippen LogP contribution in [0.25, 0.3) is 0 Å². The highest BCUT2D eigenvalue weighted by molar-refractivity contribution is 7.84. The molecule has 0 rings (SSSR count). The summed E-state index contributed by atoms with van der Waals surface area (Å²) >= 11 is 3.55. The van der Waals surface area contributed by atoms with Crippen molar-refractivity contribution >= 4 is 12.6 Å². The highest BCUT2D eigenvalue weighted by Gasteiger charge is 1.51. The average Bonchev–Trinajstić information content (AvgIpc) is 1.41. The van der Waals surface area contributed by atoms with Crippen LogP contribution in [0.15, 0.2) is 11.6 Å². The zero-order valence-corrected chi connectivity index (χ0v) is 5.13. The molecule has 0 amide bonds. The number of thiol groups is 1. The van der Waals surface area contributed by atoms with Crippen molar-refractivity contribution in [1.82, 2.24) is 0 Å². The Morgan fingerprint density at radius 1 is 1.67 bits per heavy atom. The third kappa shape index (κ3) is 2690. The Hall–Kier alpha value is -0.110. The van der Waals surface area contributed by atoms with Crippen LogP contribution in [0.1, 0.15) is 13.8 Å². The summed E-state index contributed by atoms with van der Waals surface area (Å²) in [6.45, 7) is 7.20. The minimum atomic E-state index is 0.361. The van der Waals surface area contributed by atoms with Crippen molar-refractivity contribution in [2.24, 2.45) is 5.73 Å². The van der Waals surface area contributed by atoms with E-state index in [0.29, 0.717) is 5.03 Å². The lowest BCUT2D eigenvalue weighted by molar-refractivity contribution is 1.50. The fourth-order valence-electron chi connectivity index (χ4n) is 0. The summed E-state index contributed by atoms with van der Waals surface area (Å²) < 4.78 is 0. The molecule has 0 saturated carbocycles. The van der Waals surface area contributed by atoms with Gasteiger partial charge in [-0.15, -0.1) is 12.6 Å². The van der Waals surface area contributed by atoms with Gasteiger partial charge in [0, 0.05) is 0 Å². The predicted molar refractivity (Wildman–Crippen MR) is 33.7 cm³/mol. The molecule has 0 heterocycles. The van der Waals surface area contributed by atoms with E-state index in [-0.39, 0.29) is 0 Å². The van der Waals surface area contributed by atoms with Crippen LogP contribution in [0.2, 0.25) is 0 Å². The highest BCUT2D eigenvalue weighted by atomic mass is 32.1. The highest BCUT2D eigenvalue weighted by Crippen LogP contribution is 1.74. The van der Waals surface area contributed by atoms with E-state index in [2.05, 4.69) is 19.2 Å². The van der Waals surface area contributed by atoms with Gasteiger partial charge in [-0.25, -0.2) is 0 Å². The third-order valence-electron chi connectivity index (χ3n) is 0. The fourth-order valence-corrected chi connectivity index (χ4v) is 0. The Morgan fingerprint density at radius 2 is 1.67 bits per heavy atom. The van der Waals surface area contributed by atoms with E-state index in [1.807, 2.05) is 13.8 Å². The lowest BCUT2D eigenvalue weighted by Crippen LogP contribution is -1.80. The van der Waals surface area contributed by atoms with Gasteiger partial charge in [-0.3, -0.25) is 0 Å². The van der Waals surface area contributed by atoms with E-state index in [9.17, 15) is 0 Å². The maximum absolute atomic E-state index is 4.78. The number of rotatable bonds is 0. The second kappa shape index (κ2) is 8.86. The van der Waals surface area contributed by atoms with Crippen LogP contribution < -0.4 is 5.73 Å². The Kier molecular flexibility index (Phi) is 13.7. The van der Waals surface area contributed by atoms with E-state index in [4.69, 9.17) is 5.73 Å². The first-order valence-electron chi connectivity index (χ1n) is 1.87. The van der Waals surface area contributed by atoms with Crippen LogP contribution in [0.5, 0.6) is 0 Å². The Labute approximate surface area is 44.6 Å². The molecular formula is C4H11NS. The quantitative estimate of drug-likeness (QED) is 0.447. The summed E-state index contributed by atoms with van der Waals surface area (Å²) in [5.41, 5.74) is 4.78. The van der Waals surface area contributed by atoms with Crippen LogP contribution in [-0.4, -0.2) is 0 Å².